The van der Waals surface area contributed by atoms with Crippen LogP contribution in [0.15, 0.2) is 28.4 Å². The molecule has 2 heteroatoms. The van der Waals surface area contributed by atoms with Gasteiger partial charge < -0.3 is 9.52 Å². The van der Waals surface area contributed by atoms with E-state index in [1.807, 2.05) is 13.0 Å². The van der Waals surface area contributed by atoms with Gasteiger partial charge in [-0.15, -0.1) is 0 Å². The van der Waals surface area contributed by atoms with Crippen molar-refractivity contribution in [3.63, 3.8) is 0 Å². The Morgan fingerprint density at radius 1 is 1.54 bits per heavy atom. The number of allylic oxidation sites excluding steroid dienone is 1. The van der Waals surface area contributed by atoms with Crippen LogP contribution in [0.2, 0.25) is 0 Å². The molecule has 2 nitrogen and oxygen atoms in total. The predicted octanol–water partition coefficient (Wildman–Crippen LogP) is 2.73. The van der Waals surface area contributed by atoms with E-state index in [2.05, 4.69) is 6.08 Å². The van der Waals surface area contributed by atoms with Crippen LogP contribution in [-0.4, -0.2) is 5.11 Å². The van der Waals surface area contributed by atoms with Crippen molar-refractivity contribution in [1.29, 1.82) is 0 Å². The summed E-state index contributed by atoms with van der Waals surface area (Å²) in [6.07, 6.45) is 6.61. The van der Waals surface area contributed by atoms with Gasteiger partial charge in [0.1, 0.15) is 11.9 Å². The topological polar surface area (TPSA) is 33.4 Å². The van der Waals surface area contributed by atoms with Crippen molar-refractivity contribution in [1.82, 2.24) is 0 Å². The van der Waals surface area contributed by atoms with Crippen molar-refractivity contribution in [2.24, 2.45) is 0 Å². The van der Waals surface area contributed by atoms with Crippen LogP contribution in [0.3, 0.4) is 0 Å². The van der Waals surface area contributed by atoms with Crippen LogP contribution in [0.25, 0.3) is 0 Å². The van der Waals surface area contributed by atoms with Crippen molar-refractivity contribution in [3.05, 3.63) is 35.3 Å². The molecule has 0 aliphatic heterocycles. The first-order valence-corrected chi connectivity index (χ1v) is 4.70. The number of aryl methyl sites for hydroxylation is 1. The molecule has 1 atom stereocenters. The molecule has 0 amide bonds. The summed E-state index contributed by atoms with van der Waals surface area (Å²) in [5.41, 5.74) is 2.05. The molecule has 1 aromatic rings. The highest BCUT2D eigenvalue weighted by molar-refractivity contribution is 5.28. The first-order chi connectivity index (χ1) is 6.29. The van der Waals surface area contributed by atoms with Gasteiger partial charge in [0.25, 0.3) is 0 Å². The van der Waals surface area contributed by atoms with Crippen LogP contribution in [0.4, 0.5) is 0 Å². The second-order valence-corrected chi connectivity index (χ2v) is 3.51. The molecule has 1 unspecified atom stereocenters. The standard InChI is InChI=1S/C11H14O2/c1-8-10(6-7-13-8)11(12)9-4-2-3-5-9/h4,6-7,11-12H,2-3,5H2,1H3. The van der Waals surface area contributed by atoms with Gasteiger partial charge in [-0.2, -0.15) is 0 Å². The van der Waals surface area contributed by atoms with Crippen LogP contribution >= 0.6 is 0 Å². The van der Waals surface area contributed by atoms with E-state index in [-0.39, 0.29) is 0 Å². The minimum atomic E-state index is -0.443. The second-order valence-electron chi connectivity index (χ2n) is 3.51. The third-order valence-corrected chi connectivity index (χ3v) is 2.62. The van der Waals surface area contributed by atoms with Crippen molar-refractivity contribution in [3.8, 4) is 0 Å². The van der Waals surface area contributed by atoms with Gasteiger partial charge in [-0.1, -0.05) is 6.08 Å². The number of aliphatic hydroxyl groups excluding tert-OH is 1. The summed E-state index contributed by atoms with van der Waals surface area (Å²) in [6.45, 7) is 1.88. The fraction of sp³-hybridized carbons (Fsp3) is 0.455. The zero-order chi connectivity index (χ0) is 9.26. The Balaban J connectivity index is 2.21. The minimum absolute atomic E-state index is 0.443. The van der Waals surface area contributed by atoms with E-state index in [0.717, 1.165) is 29.7 Å². The summed E-state index contributed by atoms with van der Waals surface area (Å²) in [5.74, 6) is 0.820. The van der Waals surface area contributed by atoms with E-state index < -0.39 is 6.10 Å². The smallest absolute Gasteiger partial charge is 0.106 e. The van der Waals surface area contributed by atoms with Crippen LogP contribution in [0, 0.1) is 6.92 Å². The van der Waals surface area contributed by atoms with Gasteiger partial charge in [0, 0.05) is 5.56 Å². The van der Waals surface area contributed by atoms with Gasteiger partial charge in [-0.25, -0.2) is 0 Å². The molecule has 0 bridgehead atoms. The highest BCUT2D eigenvalue weighted by atomic mass is 16.3. The molecule has 0 fully saturated rings. The summed E-state index contributed by atoms with van der Waals surface area (Å²) in [5, 5.41) is 9.96. The van der Waals surface area contributed by atoms with Gasteiger partial charge in [0.15, 0.2) is 0 Å². The summed E-state index contributed by atoms with van der Waals surface area (Å²) < 4.78 is 5.16. The molecule has 1 aliphatic rings. The molecule has 0 aromatic carbocycles. The Kier molecular flexibility index (Phi) is 2.23. The maximum Gasteiger partial charge on any atom is 0.106 e. The Hall–Kier alpha value is -1.02. The average Bonchev–Trinajstić information content (AvgIpc) is 2.72. The molecular formula is C11H14O2. The molecule has 2 rings (SSSR count). The number of aliphatic hydroxyl groups is 1. The minimum Gasteiger partial charge on any atom is -0.469 e. The summed E-state index contributed by atoms with van der Waals surface area (Å²) in [6, 6.07) is 1.85. The number of hydrogen-bond donors (Lipinski definition) is 1. The molecule has 1 aliphatic carbocycles. The predicted molar refractivity (Wildman–Crippen MR) is 50.3 cm³/mol. The van der Waals surface area contributed by atoms with Crippen LogP contribution < -0.4 is 0 Å². The third-order valence-electron chi connectivity index (χ3n) is 2.62. The fourth-order valence-corrected chi connectivity index (χ4v) is 1.82. The zero-order valence-electron chi connectivity index (χ0n) is 7.79. The quantitative estimate of drug-likeness (QED) is 0.706. The first kappa shape index (κ1) is 8.57. The lowest BCUT2D eigenvalue weighted by Crippen LogP contribution is -1.99. The largest absolute Gasteiger partial charge is 0.469 e. The van der Waals surface area contributed by atoms with Crippen molar-refractivity contribution < 1.29 is 9.52 Å². The first-order valence-electron chi connectivity index (χ1n) is 4.70. The maximum absolute atomic E-state index is 9.96. The van der Waals surface area contributed by atoms with Crippen molar-refractivity contribution >= 4 is 0 Å². The monoisotopic (exact) mass is 178 g/mol. The van der Waals surface area contributed by atoms with E-state index in [4.69, 9.17) is 4.42 Å². The van der Waals surface area contributed by atoms with Gasteiger partial charge in [0.05, 0.1) is 6.26 Å². The van der Waals surface area contributed by atoms with E-state index in [1.165, 1.54) is 6.42 Å². The Morgan fingerprint density at radius 3 is 2.92 bits per heavy atom. The van der Waals surface area contributed by atoms with E-state index in [0.29, 0.717) is 0 Å². The van der Waals surface area contributed by atoms with Gasteiger partial charge in [-0.3, -0.25) is 0 Å². The molecule has 0 saturated heterocycles. The van der Waals surface area contributed by atoms with Crippen LogP contribution in [-0.2, 0) is 0 Å². The number of hydrogen-bond acceptors (Lipinski definition) is 2. The fourth-order valence-electron chi connectivity index (χ4n) is 1.82. The maximum atomic E-state index is 9.96. The van der Waals surface area contributed by atoms with Gasteiger partial charge in [0.2, 0.25) is 0 Å². The molecule has 1 aromatic heterocycles. The summed E-state index contributed by atoms with van der Waals surface area (Å²) in [7, 11) is 0. The normalized spacial score (nSPS) is 18.8. The second kappa shape index (κ2) is 3.38. The van der Waals surface area contributed by atoms with Gasteiger partial charge in [-0.05, 0) is 37.8 Å². The summed E-state index contributed by atoms with van der Waals surface area (Å²) in [4.78, 5) is 0. The molecule has 1 heterocycles. The Labute approximate surface area is 77.9 Å². The van der Waals surface area contributed by atoms with Crippen LogP contribution in [0.5, 0.6) is 0 Å². The highest BCUT2D eigenvalue weighted by Crippen LogP contribution is 2.32. The molecule has 0 radical (unpaired) electrons. The van der Waals surface area contributed by atoms with Crippen molar-refractivity contribution in [2.75, 3.05) is 0 Å². The molecular weight excluding hydrogens is 164 g/mol. The lowest BCUT2D eigenvalue weighted by molar-refractivity contribution is 0.210. The third kappa shape index (κ3) is 1.54. The molecule has 13 heavy (non-hydrogen) atoms. The Bertz CT molecular complexity index is 323. The van der Waals surface area contributed by atoms with E-state index in [1.54, 1.807) is 6.26 Å². The lowest BCUT2D eigenvalue weighted by atomic mass is 10.0. The average molecular weight is 178 g/mol. The highest BCUT2D eigenvalue weighted by Gasteiger charge is 2.18. The SMILES string of the molecule is Cc1occc1C(O)C1=CCCC1. The van der Waals surface area contributed by atoms with Crippen molar-refractivity contribution in [2.45, 2.75) is 32.3 Å². The number of rotatable bonds is 2. The summed E-state index contributed by atoms with van der Waals surface area (Å²) >= 11 is 0. The van der Waals surface area contributed by atoms with E-state index >= 15 is 0 Å². The molecule has 0 spiro atoms. The van der Waals surface area contributed by atoms with Crippen LogP contribution in [0.1, 0.15) is 36.7 Å². The molecule has 70 valence electrons. The Morgan fingerprint density at radius 2 is 2.38 bits per heavy atom. The number of furan rings is 1. The van der Waals surface area contributed by atoms with E-state index in [9.17, 15) is 5.11 Å². The molecule has 0 saturated carbocycles. The van der Waals surface area contributed by atoms with Gasteiger partial charge >= 0.3 is 0 Å². The zero-order valence-corrected chi connectivity index (χ0v) is 7.79. The molecule has 1 N–H and O–H groups in total. The lowest BCUT2D eigenvalue weighted by Gasteiger charge is -2.10.